The molecule has 0 heterocycles. The first-order chi connectivity index (χ1) is 17.2. The van der Waals surface area contributed by atoms with E-state index in [9.17, 15) is 9.18 Å². The maximum Gasteiger partial charge on any atom is 0.307 e. The summed E-state index contributed by atoms with van der Waals surface area (Å²) in [6.07, 6.45) is -0.387. The third-order valence-corrected chi connectivity index (χ3v) is 13.6. The molecule has 7 heteroatoms. The van der Waals surface area contributed by atoms with Crippen molar-refractivity contribution in [2.45, 2.75) is 91.4 Å². The Labute approximate surface area is 221 Å². The second-order valence-electron chi connectivity index (χ2n) is 10.7. The standard InChI is InChI=1S/C30H40F3NO2Si/c1-10-36-26(35)16-25(34)28-29(32)22(11-12-37(17(2)3,18(4)5)19(6)7)15-24(30(28)33)27-20(8)13-23(31)14-21(27)9/h13-15,17-19,25H,10,16,34H2,1-9H3. The van der Waals surface area contributed by atoms with Crippen LogP contribution in [0, 0.1) is 42.8 Å². The number of benzene rings is 2. The number of nitrogens with two attached hydrogens (primary N) is 1. The minimum atomic E-state index is -2.23. The van der Waals surface area contributed by atoms with Gasteiger partial charge in [0, 0.05) is 17.2 Å². The quantitative estimate of drug-likeness (QED) is 0.214. The summed E-state index contributed by atoms with van der Waals surface area (Å²) in [7, 11) is -2.23. The Hall–Kier alpha value is -2.56. The van der Waals surface area contributed by atoms with Gasteiger partial charge in [-0.3, -0.25) is 4.79 Å². The topological polar surface area (TPSA) is 52.3 Å². The van der Waals surface area contributed by atoms with Gasteiger partial charge in [-0.2, -0.15) is 0 Å². The monoisotopic (exact) mass is 531 g/mol. The molecule has 3 nitrogen and oxygen atoms in total. The smallest absolute Gasteiger partial charge is 0.307 e. The fraction of sp³-hybridized carbons (Fsp3) is 0.500. The Balaban J connectivity index is 2.91. The Bertz CT molecular complexity index is 1170. The van der Waals surface area contributed by atoms with Gasteiger partial charge in [0.05, 0.1) is 18.6 Å². The van der Waals surface area contributed by atoms with E-state index in [1.165, 1.54) is 18.2 Å². The van der Waals surface area contributed by atoms with Gasteiger partial charge < -0.3 is 10.5 Å². The van der Waals surface area contributed by atoms with Gasteiger partial charge in [-0.25, -0.2) is 13.2 Å². The first kappa shape index (κ1) is 30.7. The van der Waals surface area contributed by atoms with Crippen LogP contribution in [0.4, 0.5) is 13.2 Å². The van der Waals surface area contributed by atoms with Crippen LogP contribution in [0.2, 0.25) is 16.6 Å². The van der Waals surface area contributed by atoms with Crippen molar-refractivity contribution < 1.29 is 22.7 Å². The maximum absolute atomic E-state index is 16.0. The molecule has 1 atom stereocenters. The van der Waals surface area contributed by atoms with Crippen LogP contribution in [0.5, 0.6) is 0 Å². The number of rotatable bonds is 8. The lowest BCUT2D eigenvalue weighted by Gasteiger charge is -2.38. The molecule has 0 radical (unpaired) electrons. The van der Waals surface area contributed by atoms with E-state index in [4.69, 9.17) is 10.5 Å². The van der Waals surface area contributed by atoms with Gasteiger partial charge in [-0.05, 0) is 72.3 Å². The van der Waals surface area contributed by atoms with E-state index in [0.717, 1.165) is 0 Å². The van der Waals surface area contributed by atoms with Gasteiger partial charge in [0.15, 0.2) is 0 Å². The van der Waals surface area contributed by atoms with E-state index in [2.05, 4.69) is 53.0 Å². The molecule has 0 aromatic heterocycles. The number of ether oxygens (including phenoxy) is 1. The molecular weight excluding hydrogens is 491 g/mol. The zero-order valence-electron chi connectivity index (χ0n) is 23.5. The van der Waals surface area contributed by atoms with Gasteiger partial charge in [0.25, 0.3) is 0 Å². The molecule has 0 bridgehead atoms. The molecule has 2 rings (SSSR count). The lowest BCUT2D eigenvalue weighted by molar-refractivity contribution is -0.143. The summed E-state index contributed by atoms with van der Waals surface area (Å²) in [5.74, 6) is 0.245. The molecule has 2 aromatic rings. The van der Waals surface area contributed by atoms with E-state index in [1.54, 1.807) is 20.8 Å². The molecule has 2 aromatic carbocycles. The fourth-order valence-corrected chi connectivity index (χ4v) is 10.9. The van der Waals surface area contributed by atoms with Crippen LogP contribution in [-0.2, 0) is 9.53 Å². The van der Waals surface area contributed by atoms with Crippen molar-refractivity contribution in [3.05, 3.63) is 57.9 Å². The summed E-state index contributed by atoms with van der Waals surface area (Å²) in [4.78, 5) is 12.1. The molecule has 0 spiro atoms. The minimum absolute atomic E-state index is 0.0210. The predicted molar refractivity (Wildman–Crippen MR) is 147 cm³/mol. The van der Waals surface area contributed by atoms with Crippen LogP contribution in [0.15, 0.2) is 18.2 Å². The van der Waals surface area contributed by atoms with Crippen molar-refractivity contribution in [1.29, 1.82) is 0 Å². The molecule has 0 amide bonds. The van der Waals surface area contributed by atoms with E-state index >= 15 is 8.78 Å². The largest absolute Gasteiger partial charge is 0.466 e. The summed E-state index contributed by atoms with van der Waals surface area (Å²) >= 11 is 0. The highest BCUT2D eigenvalue weighted by atomic mass is 28.3. The molecule has 0 saturated heterocycles. The molecule has 0 aliphatic rings. The molecule has 2 N–H and O–H groups in total. The normalized spacial score (nSPS) is 12.6. The summed E-state index contributed by atoms with van der Waals surface area (Å²) in [5.41, 5.74) is 11.8. The van der Waals surface area contributed by atoms with Gasteiger partial charge in [0.2, 0.25) is 0 Å². The molecule has 0 saturated carbocycles. The highest BCUT2D eigenvalue weighted by Gasteiger charge is 2.41. The molecular formula is C30H40F3NO2Si. The summed E-state index contributed by atoms with van der Waals surface area (Å²) in [6, 6.07) is 2.74. The molecule has 37 heavy (non-hydrogen) atoms. The first-order valence-electron chi connectivity index (χ1n) is 12.9. The molecule has 202 valence electrons. The molecule has 1 unspecified atom stereocenters. The van der Waals surface area contributed by atoms with Crippen LogP contribution in [0.3, 0.4) is 0 Å². The van der Waals surface area contributed by atoms with Gasteiger partial charge >= 0.3 is 5.97 Å². The Morgan fingerprint density at radius 2 is 1.46 bits per heavy atom. The number of carbonyl (C=O) groups is 1. The Morgan fingerprint density at radius 3 is 1.92 bits per heavy atom. The highest BCUT2D eigenvalue weighted by Crippen LogP contribution is 2.41. The third kappa shape index (κ3) is 6.30. The zero-order chi connectivity index (χ0) is 28.2. The van der Waals surface area contributed by atoms with Crippen LogP contribution in [-0.4, -0.2) is 20.7 Å². The lowest BCUT2D eigenvalue weighted by Crippen LogP contribution is -2.43. The van der Waals surface area contributed by atoms with Crippen molar-refractivity contribution in [2.75, 3.05) is 6.61 Å². The SMILES string of the molecule is CCOC(=O)CC(N)c1c(F)c(C#C[Si](C(C)C)(C(C)C)C(C)C)cc(-c2c(C)cc(F)cc2C)c1F. The second kappa shape index (κ2) is 12.3. The van der Waals surface area contributed by atoms with Crippen molar-refractivity contribution in [2.24, 2.45) is 5.73 Å². The van der Waals surface area contributed by atoms with E-state index in [1.807, 2.05) is 0 Å². The van der Waals surface area contributed by atoms with E-state index < -0.39 is 43.1 Å². The molecule has 0 aliphatic carbocycles. The minimum Gasteiger partial charge on any atom is -0.466 e. The summed E-state index contributed by atoms with van der Waals surface area (Å²) in [5, 5.41) is 0. The third-order valence-electron chi connectivity index (χ3n) is 7.34. The molecule has 0 fully saturated rings. The van der Waals surface area contributed by atoms with Crippen molar-refractivity contribution in [1.82, 2.24) is 0 Å². The number of hydrogen-bond donors (Lipinski definition) is 1. The van der Waals surface area contributed by atoms with Gasteiger partial charge in [0.1, 0.15) is 25.5 Å². The number of aryl methyl sites for hydroxylation is 2. The Morgan fingerprint density at radius 1 is 0.946 bits per heavy atom. The van der Waals surface area contributed by atoms with Crippen LogP contribution in [0.1, 0.15) is 83.2 Å². The average molecular weight is 532 g/mol. The number of halogens is 3. The average Bonchev–Trinajstić information content (AvgIpc) is 2.75. The fourth-order valence-electron chi connectivity index (χ4n) is 5.70. The van der Waals surface area contributed by atoms with Crippen molar-refractivity contribution >= 4 is 14.0 Å². The van der Waals surface area contributed by atoms with E-state index in [-0.39, 0.29) is 24.2 Å². The number of carbonyl (C=O) groups excluding carboxylic acids is 1. The van der Waals surface area contributed by atoms with Crippen LogP contribution >= 0.6 is 0 Å². The molecule has 0 aliphatic heterocycles. The zero-order valence-corrected chi connectivity index (χ0v) is 24.5. The van der Waals surface area contributed by atoms with Crippen molar-refractivity contribution in [3.8, 4) is 22.6 Å². The predicted octanol–water partition coefficient (Wildman–Crippen LogP) is 7.91. The number of esters is 1. The van der Waals surface area contributed by atoms with Gasteiger partial charge in [-0.1, -0.05) is 47.5 Å². The Kier molecular flexibility index (Phi) is 10.2. The van der Waals surface area contributed by atoms with Gasteiger partial charge in [-0.15, -0.1) is 5.54 Å². The summed E-state index contributed by atoms with van der Waals surface area (Å²) in [6.45, 7) is 18.0. The van der Waals surface area contributed by atoms with Crippen molar-refractivity contribution in [3.63, 3.8) is 0 Å². The van der Waals surface area contributed by atoms with E-state index in [0.29, 0.717) is 33.3 Å². The first-order valence-corrected chi connectivity index (χ1v) is 15.1. The lowest BCUT2D eigenvalue weighted by atomic mass is 9.89. The second-order valence-corrected chi connectivity index (χ2v) is 16.3. The summed E-state index contributed by atoms with van der Waals surface area (Å²) < 4.78 is 50.9. The maximum atomic E-state index is 16.0. The van der Waals surface area contributed by atoms with Crippen LogP contribution < -0.4 is 5.73 Å². The number of hydrogen-bond acceptors (Lipinski definition) is 3. The van der Waals surface area contributed by atoms with Crippen LogP contribution in [0.25, 0.3) is 11.1 Å². The highest BCUT2D eigenvalue weighted by molar-refractivity contribution is 6.90.